The molecule has 4 heterocycles. The molecule has 11 aromatic rings. The molecule has 4 heteroatoms. The molecular weight excluding hydrogens is 657 g/mol. The van der Waals surface area contributed by atoms with Crippen LogP contribution < -0.4 is 0 Å². The van der Waals surface area contributed by atoms with Crippen molar-refractivity contribution in [2.75, 3.05) is 0 Å². The maximum atomic E-state index is 5.29. The van der Waals surface area contributed by atoms with E-state index in [4.69, 9.17) is 19.9 Å². The molecule has 0 saturated heterocycles. The van der Waals surface area contributed by atoms with Crippen LogP contribution >= 0.6 is 0 Å². The Morgan fingerprint density at radius 1 is 0.333 bits per heavy atom. The zero-order chi connectivity index (χ0) is 35.6. The van der Waals surface area contributed by atoms with Crippen molar-refractivity contribution in [2.45, 2.75) is 0 Å². The van der Waals surface area contributed by atoms with E-state index in [1.807, 2.05) is 30.5 Å². The van der Waals surface area contributed by atoms with Gasteiger partial charge in [0, 0.05) is 60.8 Å². The second-order valence-electron chi connectivity index (χ2n) is 13.8. The predicted octanol–water partition coefficient (Wildman–Crippen LogP) is 12.9. The molecule has 0 N–H and O–H groups in total. The Labute approximate surface area is 311 Å². The smallest absolute Gasteiger partial charge is 0.0972 e. The van der Waals surface area contributed by atoms with E-state index in [1.165, 1.54) is 16.2 Å². The molecule has 54 heavy (non-hydrogen) atoms. The van der Waals surface area contributed by atoms with Crippen molar-refractivity contribution in [3.05, 3.63) is 182 Å². The summed E-state index contributed by atoms with van der Waals surface area (Å²) in [5.74, 6) is 0. The van der Waals surface area contributed by atoms with Crippen LogP contribution in [0.3, 0.4) is 0 Å². The first-order valence-corrected chi connectivity index (χ1v) is 18.2. The molecule has 0 spiro atoms. The van der Waals surface area contributed by atoms with Crippen molar-refractivity contribution in [1.82, 2.24) is 19.9 Å². The topological polar surface area (TPSA) is 51.6 Å². The molecule has 4 aromatic heterocycles. The summed E-state index contributed by atoms with van der Waals surface area (Å²) in [6, 6.07) is 61.8. The van der Waals surface area contributed by atoms with Crippen LogP contribution in [0.2, 0.25) is 0 Å². The van der Waals surface area contributed by atoms with Crippen LogP contribution in [-0.4, -0.2) is 19.9 Å². The number of hydrogen-bond donors (Lipinski definition) is 0. The van der Waals surface area contributed by atoms with Gasteiger partial charge in [0.15, 0.2) is 0 Å². The predicted molar refractivity (Wildman–Crippen MR) is 224 cm³/mol. The van der Waals surface area contributed by atoms with Crippen molar-refractivity contribution >= 4 is 65.2 Å². The van der Waals surface area contributed by atoms with Gasteiger partial charge in [-0.15, -0.1) is 0 Å². The monoisotopic (exact) mass is 686 g/mol. The molecule has 250 valence electrons. The van der Waals surface area contributed by atoms with Crippen molar-refractivity contribution in [2.24, 2.45) is 0 Å². The van der Waals surface area contributed by atoms with Gasteiger partial charge in [-0.05, 0) is 46.7 Å². The fourth-order valence-electron chi connectivity index (χ4n) is 8.09. The van der Waals surface area contributed by atoms with Crippen LogP contribution in [0.4, 0.5) is 0 Å². The van der Waals surface area contributed by atoms with E-state index in [0.717, 1.165) is 93.9 Å². The Kier molecular flexibility index (Phi) is 6.82. The molecular formula is C50H30N4. The number of aromatic nitrogens is 4. The van der Waals surface area contributed by atoms with Gasteiger partial charge in [0.25, 0.3) is 0 Å². The van der Waals surface area contributed by atoms with Crippen LogP contribution in [0.5, 0.6) is 0 Å². The Bertz CT molecular complexity index is 3260. The molecule has 0 atom stereocenters. The van der Waals surface area contributed by atoms with Gasteiger partial charge in [0.1, 0.15) is 0 Å². The fourth-order valence-corrected chi connectivity index (χ4v) is 8.09. The molecule has 0 unspecified atom stereocenters. The molecule has 0 radical (unpaired) electrons. The van der Waals surface area contributed by atoms with Gasteiger partial charge in [-0.2, -0.15) is 0 Å². The minimum Gasteiger partial charge on any atom is -0.256 e. The zero-order valence-corrected chi connectivity index (χ0v) is 29.1. The Morgan fingerprint density at radius 2 is 0.981 bits per heavy atom. The Balaban J connectivity index is 1.06. The van der Waals surface area contributed by atoms with E-state index < -0.39 is 0 Å². The fraction of sp³-hybridized carbons (Fsp3) is 0. The molecule has 11 rings (SSSR count). The van der Waals surface area contributed by atoms with Crippen LogP contribution in [0.15, 0.2) is 182 Å². The number of hydrogen-bond acceptors (Lipinski definition) is 4. The molecule has 0 aliphatic rings. The molecule has 0 fully saturated rings. The number of fused-ring (bicyclic) bond motifs is 9. The summed E-state index contributed by atoms with van der Waals surface area (Å²) in [4.78, 5) is 20.7. The van der Waals surface area contributed by atoms with Crippen molar-refractivity contribution in [3.8, 4) is 44.9 Å². The highest BCUT2D eigenvalue weighted by atomic mass is 14.8. The lowest BCUT2D eigenvalue weighted by molar-refractivity contribution is 1.36. The van der Waals surface area contributed by atoms with Gasteiger partial charge >= 0.3 is 0 Å². The Hall–Kier alpha value is -7.30. The van der Waals surface area contributed by atoms with E-state index >= 15 is 0 Å². The zero-order valence-electron chi connectivity index (χ0n) is 29.1. The summed E-state index contributed by atoms with van der Waals surface area (Å²) < 4.78 is 0. The van der Waals surface area contributed by atoms with Gasteiger partial charge < -0.3 is 0 Å². The van der Waals surface area contributed by atoms with Crippen LogP contribution in [-0.2, 0) is 0 Å². The van der Waals surface area contributed by atoms with Gasteiger partial charge in [-0.3, -0.25) is 4.98 Å². The van der Waals surface area contributed by atoms with Crippen LogP contribution in [0, 0.1) is 0 Å². The molecule has 7 aromatic carbocycles. The average Bonchev–Trinajstić information content (AvgIpc) is 3.25. The molecule has 4 nitrogen and oxygen atoms in total. The highest BCUT2D eigenvalue weighted by Gasteiger charge is 2.17. The first kappa shape index (κ1) is 30.3. The van der Waals surface area contributed by atoms with Crippen molar-refractivity contribution in [1.29, 1.82) is 0 Å². The van der Waals surface area contributed by atoms with Crippen molar-refractivity contribution < 1.29 is 0 Å². The minimum absolute atomic E-state index is 0.888. The van der Waals surface area contributed by atoms with Gasteiger partial charge in [0.2, 0.25) is 0 Å². The summed E-state index contributed by atoms with van der Waals surface area (Å²) in [6.07, 6.45) is 1.87. The standard InChI is InChI=1S/C50H30N4/c1-2-11-32(12-3-1)43-27-22-33-19-20-34-23-28-45(54-49(34)48(33)52-43)39-26-25-38(50-40(39)17-9-29-51-50)35-13-8-14-36(30-35)47-42-24-21-31-10-4-5-15-37(31)46(42)41-16-6-7-18-44(41)53-47/h1-30H. The molecule has 0 bridgehead atoms. The van der Waals surface area contributed by atoms with Gasteiger partial charge in [-0.25, -0.2) is 15.0 Å². The van der Waals surface area contributed by atoms with E-state index in [-0.39, 0.29) is 0 Å². The van der Waals surface area contributed by atoms with Crippen LogP contribution in [0.1, 0.15) is 0 Å². The second-order valence-corrected chi connectivity index (χ2v) is 13.8. The van der Waals surface area contributed by atoms with Gasteiger partial charge in [-0.1, -0.05) is 146 Å². The SMILES string of the molecule is c1ccc(-c2ccc3ccc4ccc(-c5ccc(-c6cccc(-c7nc8ccccc8c8c7ccc7ccccc78)c6)c6ncccc56)nc4c3n2)cc1. The highest BCUT2D eigenvalue weighted by molar-refractivity contribution is 6.22. The normalized spacial score (nSPS) is 11.7. The third-order valence-electron chi connectivity index (χ3n) is 10.7. The maximum Gasteiger partial charge on any atom is 0.0972 e. The summed E-state index contributed by atoms with van der Waals surface area (Å²) in [5.41, 5.74) is 11.8. The lowest BCUT2D eigenvalue weighted by atomic mass is 9.93. The number of nitrogens with zero attached hydrogens (tertiary/aromatic N) is 4. The lowest BCUT2D eigenvalue weighted by Gasteiger charge is -2.14. The van der Waals surface area contributed by atoms with E-state index in [1.54, 1.807) is 0 Å². The minimum atomic E-state index is 0.888. The number of rotatable bonds is 4. The quantitative estimate of drug-likeness (QED) is 0.173. The molecule has 0 aliphatic carbocycles. The molecule has 0 aliphatic heterocycles. The summed E-state index contributed by atoms with van der Waals surface area (Å²) >= 11 is 0. The highest BCUT2D eigenvalue weighted by Crippen LogP contribution is 2.40. The third kappa shape index (κ3) is 4.85. The second kappa shape index (κ2) is 12.1. The first-order valence-electron chi connectivity index (χ1n) is 18.2. The van der Waals surface area contributed by atoms with Crippen molar-refractivity contribution in [3.63, 3.8) is 0 Å². The van der Waals surface area contributed by atoms with E-state index in [9.17, 15) is 0 Å². The number of pyridine rings is 4. The Morgan fingerprint density at radius 3 is 1.85 bits per heavy atom. The third-order valence-corrected chi connectivity index (χ3v) is 10.7. The van der Waals surface area contributed by atoms with Gasteiger partial charge in [0.05, 0.1) is 39.1 Å². The largest absolute Gasteiger partial charge is 0.256 e. The lowest BCUT2D eigenvalue weighted by Crippen LogP contribution is -1.93. The summed E-state index contributed by atoms with van der Waals surface area (Å²) in [5, 5.41) is 9.17. The maximum absolute atomic E-state index is 5.29. The number of para-hydroxylation sites is 1. The summed E-state index contributed by atoms with van der Waals surface area (Å²) in [6.45, 7) is 0. The summed E-state index contributed by atoms with van der Waals surface area (Å²) in [7, 11) is 0. The molecule has 0 amide bonds. The van der Waals surface area contributed by atoms with Crippen LogP contribution in [0.25, 0.3) is 110 Å². The molecule has 0 saturated carbocycles. The van der Waals surface area contributed by atoms with E-state index in [0.29, 0.717) is 0 Å². The van der Waals surface area contributed by atoms with E-state index in [2.05, 4.69) is 152 Å². The average molecular weight is 687 g/mol. The number of benzene rings is 7. The first-order chi connectivity index (χ1) is 26.8.